The van der Waals surface area contributed by atoms with Gasteiger partial charge >= 0.3 is 5.97 Å². The van der Waals surface area contributed by atoms with E-state index in [0.717, 1.165) is 29.3 Å². The fraction of sp³-hybridized carbons (Fsp3) is 0.423. The third-order valence-electron chi connectivity index (χ3n) is 6.34. The van der Waals surface area contributed by atoms with E-state index in [9.17, 15) is 14.4 Å². The van der Waals surface area contributed by atoms with E-state index in [1.807, 2.05) is 31.2 Å². The SMILES string of the molecule is CCC(C(=O)c1ccc(Cl)cc1)C(c1ccc(Br)cc1)C(C(=O)OC)C(=O)N1CCCCC1. The van der Waals surface area contributed by atoms with Gasteiger partial charge in [-0.3, -0.25) is 14.4 Å². The van der Waals surface area contributed by atoms with E-state index in [0.29, 0.717) is 30.1 Å². The molecule has 176 valence electrons. The molecule has 1 aliphatic rings. The summed E-state index contributed by atoms with van der Waals surface area (Å²) in [7, 11) is 1.29. The third-order valence-corrected chi connectivity index (χ3v) is 7.12. The predicted octanol–water partition coefficient (Wildman–Crippen LogP) is 5.90. The Labute approximate surface area is 208 Å². The highest BCUT2D eigenvalue weighted by atomic mass is 79.9. The van der Waals surface area contributed by atoms with Crippen molar-refractivity contribution in [1.29, 1.82) is 0 Å². The number of hydrogen-bond acceptors (Lipinski definition) is 4. The summed E-state index contributed by atoms with van der Waals surface area (Å²) in [4.78, 5) is 42.2. The van der Waals surface area contributed by atoms with E-state index in [-0.39, 0.29) is 11.7 Å². The van der Waals surface area contributed by atoms with Crippen LogP contribution in [0.25, 0.3) is 0 Å². The summed E-state index contributed by atoms with van der Waals surface area (Å²) in [5, 5.41) is 0.539. The first-order valence-electron chi connectivity index (χ1n) is 11.3. The number of rotatable bonds is 8. The Hall–Kier alpha value is -2.18. The molecule has 0 N–H and O–H groups in total. The molecule has 0 spiro atoms. The lowest BCUT2D eigenvalue weighted by molar-refractivity contribution is -0.155. The Morgan fingerprint density at radius 1 is 1.00 bits per heavy atom. The van der Waals surface area contributed by atoms with Crippen molar-refractivity contribution < 1.29 is 19.1 Å². The summed E-state index contributed by atoms with van der Waals surface area (Å²) in [5.74, 6) is -3.35. The Balaban J connectivity index is 2.09. The van der Waals surface area contributed by atoms with Gasteiger partial charge in [0.05, 0.1) is 7.11 Å². The van der Waals surface area contributed by atoms with Gasteiger partial charge in [0.25, 0.3) is 0 Å². The maximum Gasteiger partial charge on any atom is 0.318 e. The van der Waals surface area contributed by atoms with Crippen LogP contribution in [0.4, 0.5) is 0 Å². The van der Waals surface area contributed by atoms with Crippen molar-refractivity contribution in [3.8, 4) is 0 Å². The molecule has 2 aromatic rings. The summed E-state index contributed by atoms with van der Waals surface area (Å²) in [5.41, 5.74) is 1.26. The van der Waals surface area contributed by atoms with Crippen LogP contribution in [0.15, 0.2) is 53.0 Å². The van der Waals surface area contributed by atoms with Gasteiger partial charge in [-0.25, -0.2) is 0 Å². The van der Waals surface area contributed by atoms with E-state index < -0.39 is 23.7 Å². The number of benzene rings is 2. The lowest BCUT2D eigenvalue weighted by atomic mass is 9.72. The zero-order valence-corrected chi connectivity index (χ0v) is 21.3. The van der Waals surface area contributed by atoms with Crippen LogP contribution in [-0.4, -0.2) is 42.8 Å². The van der Waals surface area contributed by atoms with Crippen molar-refractivity contribution in [2.24, 2.45) is 11.8 Å². The number of ether oxygens (including phenoxy) is 1. The van der Waals surface area contributed by atoms with Gasteiger partial charge in [0.15, 0.2) is 5.78 Å². The van der Waals surface area contributed by atoms with Crippen molar-refractivity contribution in [1.82, 2.24) is 4.90 Å². The first-order chi connectivity index (χ1) is 15.9. The van der Waals surface area contributed by atoms with E-state index in [2.05, 4.69) is 15.9 Å². The largest absolute Gasteiger partial charge is 0.468 e. The number of likely N-dealkylation sites (tertiary alicyclic amines) is 1. The van der Waals surface area contributed by atoms with Crippen molar-refractivity contribution in [3.63, 3.8) is 0 Å². The molecular formula is C26H29BrClNO4. The first kappa shape index (κ1) is 25.4. The molecule has 5 nitrogen and oxygen atoms in total. The highest BCUT2D eigenvalue weighted by Gasteiger charge is 2.45. The molecule has 1 fully saturated rings. The molecular weight excluding hydrogens is 506 g/mol. The summed E-state index contributed by atoms with van der Waals surface area (Å²) >= 11 is 9.46. The van der Waals surface area contributed by atoms with Gasteiger partial charge in [0, 0.05) is 40.0 Å². The van der Waals surface area contributed by atoms with Gasteiger partial charge in [-0.05, 0) is 67.6 Å². The van der Waals surface area contributed by atoms with E-state index >= 15 is 0 Å². The van der Waals surface area contributed by atoms with Gasteiger partial charge in [-0.15, -0.1) is 0 Å². The number of esters is 1. The molecule has 0 aliphatic carbocycles. The zero-order chi connectivity index (χ0) is 24.0. The first-order valence-corrected chi connectivity index (χ1v) is 12.5. The Bertz CT molecular complexity index is 971. The van der Waals surface area contributed by atoms with Crippen LogP contribution in [-0.2, 0) is 14.3 Å². The Morgan fingerprint density at radius 3 is 2.15 bits per heavy atom. The number of amides is 1. The van der Waals surface area contributed by atoms with Gasteiger partial charge in [-0.1, -0.05) is 46.6 Å². The number of carbonyl (C=O) groups is 3. The molecule has 1 aliphatic heterocycles. The zero-order valence-electron chi connectivity index (χ0n) is 18.9. The molecule has 3 rings (SSSR count). The monoisotopic (exact) mass is 533 g/mol. The van der Waals surface area contributed by atoms with Crippen LogP contribution < -0.4 is 0 Å². The summed E-state index contributed by atoms with van der Waals surface area (Å²) in [6.45, 7) is 3.13. The van der Waals surface area contributed by atoms with Crippen LogP contribution in [0.5, 0.6) is 0 Å². The number of methoxy groups -OCH3 is 1. The summed E-state index contributed by atoms with van der Waals surface area (Å²) in [6, 6.07) is 14.2. The highest BCUT2D eigenvalue weighted by molar-refractivity contribution is 9.10. The lowest BCUT2D eigenvalue weighted by Crippen LogP contribution is -2.47. The maximum absolute atomic E-state index is 13.7. The molecule has 0 aromatic heterocycles. The summed E-state index contributed by atoms with van der Waals surface area (Å²) in [6.07, 6.45) is 3.34. The highest BCUT2D eigenvalue weighted by Crippen LogP contribution is 2.39. The second kappa shape index (κ2) is 11.8. The number of nitrogens with zero attached hydrogens (tertiary/aromatic N) is 1. The number of hydrogen-bond donors (Lipinski definition) is 0. The number of carbonyl (C=O) groups excluding carboxylic acids is 3. The van der Waals surface area contributed by atoms with Crippen molar-refractivity contribution in [2.75, 3.05) is 20.2 Å². The summed E-state index contributed by atoms with van der Waals surface area (Å²) < 4.78 is 6.00. The minimum absolute atomic E-state index is 0.123. The van der Waals surface area contributed by atoms with Crippen LogP contribution in [0, 0.1) is 11.8 Å². The van der Waals surface area contributed by atoms with Crippen molar-refractivity contribution in [2.45, 2.75) is 38.5 Å². The number of ketones is 1. The minimum atomic E-state index is -1.10. The molecule has 1 saturated heterocycles. The normalized spacial score (nSPS) is 16.5. The predicted molar refractivity (Wildman–Crippen MR) is 132 cm³/mol. The average Bonchev–Trinajstić information content (AvgIpc) is 2.84. The lowest BCUT2D eigenvalue weighted by Gasteiger charge is -2.35. The van der Waals surface area contributed by atoms with Crippen LogP contribution in [0.1, 0.15) is 54.4 Å². The van der Waals surface area contributed by atoms with Gasteiger partial charge in [0.2, 0.25) is 5.91 Å². The van der Waals surface area contributed by atoms with Crippen LogP contribution in [0.2, 0.25) is 5.02 Å². The standard InChI is InChI=1S/C26H29BrClNO4/c1-3-21(24(30)18-9-13-20(28)14-10-18)22(17-7-11-19(27)12-8-17)23(26(32)33-2)25(31)29-15-5-4-6-16-29/h7-14,21-23H,3-6,15-16H2,1-2H3. The number of Topliss-reactive ketones (excluding diaryl/α,β-unsaturated/α-hetero) is 1. The van der Waals surface area contributed by atoms with Crippen molar-refractivity contribution in [3.05, 3.63) is 69.2 Å². The molecule has 7 heteroatoms. The topological polar surface area (TPSA) is 63.7 Å². The van der Waals surface area contributed by atoms with E-state index in [4.69, 9.17) is 16.3 Å². The van der Waals surface area contributed by atoms with Crippen LogP contribution in [0.3, 0.4) is 0 Å². The molecule has 2 aromatic carbocycles. The van der Waals surface area contributed by atoms with Gasteiger partial charge < -0.3 is 9.64 Å². The maximum atomic E-state index is 13.7. The molecule has 0 saturated carbocycles. The van der Waals surface area contributed by atoms with E-state index in [1.54, 1.807) is 29.2 Å². The molecule has 0 radical (unpaired) electrons. The van der Waals surface area contributed by atoms with E-state index in [1.165, 1.54) is 7.11 Å². The molecule has 33 heavy (non-hydrogen) atoms. The molecule has 3 unspecified atom stereocenters. The quantitative estimate of drug-likeness (QED) is 0.240. The third kappa shape index (κ3) is 6.04. The van der Waals surface area contributed by atoms with Crippen LogP contribution >= 0.6 is 27.5 Å². The Morgan fingerprint density at radius 2 is 1.61 bits per heavy atom. The molecule has 1 heterocycles. The van der Waals surface area contributed by atoms with Gasteiger partial charge in [0.1, 0.15) is 5.92 Å². The number of piperidine rings is 1. The minimum Gasteiger partial charge on any atom is -0.468 e. The molecule has 0 bridgehead atoms. The second-order valence-electron chi connectivity index (χ2n) is 8.35. The molecule has 1 amide bonds. The second-order valence-corrected chi connectivity index (χ2v) is 9.70. The fourth-order valence-corrected chi connectivity index (χ4v) is 5.00. The van der Waals surface area contributed by atoms with Crippen molar-refractivity contribution >= 4 is 45.2 Å². The Kier molecular flexibility index (Phi) is 9.10. The smallest absolute Gasteiger partial charge is 0.318 e. The number of halogens is 2. The fourth-order valence-electron chi connectivity index (χ4n) is 4.61. The average molecular weight is 535 g/mol. The van der Waals surface area contributed by atoms with Gasteiger partial charge in [-0.2, -0.15) is 0 Å². The molecule has 3 atom stereocenters.